The second-order valence-corrected chi connectivity index (χ2v) is 20.2. The predicted molar refractivity (Wildman–Crippen MR) is 323 cm³/mol. The highest BCUT2D eigenvalue weighted by Crippen LogP contribution is 2.33. The fraction of sp³-hybridized carbons (Fsp3) is 0.457. The van der Waals surface area contributed by atoms with Gasteiger partial charge in [0.2, 0.25) is 0 Å². The highest BCUT2D eigenvalue weighted by atomic mass is 16.5. The van der Waals surface area contributed by atoms with E-state index >= 15 is 0 Å². The van der Waals surface area contributed by atoms with Gasteiger partial charge in [0.15, 0.2) is 0 Å². The largest absolute Gasteiger partial charge is 0.494 e. The van der Waals surface area contributed by atoms with Crippen LogP contribution in [-0.2, 0) is 0 Å². The summed E-state index contributed by atoms with van der Waals surface area (Å²) in [5.74, 6) is 3.64. The summed E-state index contributed by atoms with van der Waals surface area (Å²) >= 11 is 0. The monoisotopic (exact) mass is 999 g/mol. The van der Waals surface area contributed by atoms with Crippen LogP contribution in [0.5, 0.6) is 23.0 Å². The Bertz CT molecular complexity index is 2150. The summed E-state index contributed by atoms with van der Waals surface area (Å²) in [4.78, 5) is 0. The number of hydrogen-bond donors (Lipinski definition) is 0. The van der Waals surface area contributed by atoms with Gasteiger partial charge in [-0.3, -0.25) is 0 Å². The Morgan fingerprint density at radius 2 is 0.473 bits per heavy atom. The van der Waals surface area contributed by atoms with E-state index in [9.17, 15) is 0 Å². The van der Waals surface area contributed by atoms with Crippen molar-refractivity contribution in [3.8, 4) is 23.0 Å². The molecule has 0 bridgehead atoms. The van der Waals surface area contributed by atoms with Gasteiger partial charge in [-0.15, -0.1) is 0 Å². The number of hydrogen-bond acceptors (Lipinski definition) is 4. The maximum absolute atomic E-state index is 6.72. The van der Waals surface area contributed by atoms with Crippen LogP contribution in [0.15, 0.2) is 109 Å². The van der Waals surface area contributed by atoms with Crippen molar-refractivity contribution >= 4 is 48.6 Å². The summed E-state index contributed by atoms with van der Waals surface area (Å²) < 4.78 is 25.1. The fourth-order valence-corrected chi connectivity index (χ4v) is 8.86. The first-order valence-electron chi connectivity index (χ1n) is 29.4. The van der Waals surface area contributed by atoms with E-state index in [2.05, 4.69) is 185 Å². The van der Waals surface area contributed by atoms with E-state index < -0.39 is 0 Å². The van der Waals surface area contributed by atoms with Gasteiger partial charge >= 0.3 is 0 Å². The molecule has 0 aliphatic carbocycles. The van der Waals surface area contributed by atoms with Crippen molar-refractivity contribution in [1.29, 1.82) is 0 Å². The SMILES string of the molecule is CCCCCCCCCCCCOc1cc(/C=C/c2ccc(/C=C/c3ccc(OCCCC)cc3)cc2)c(OCCCCCCCCCCCC)cc1/C=C/c1ccc(/C=C/c2ccc(OCCCC)cc2)cc1. The van der Waals surface area contributed by atoms with E-state index in [0.29, 0.717) is 13.2 Å². The Morgan fingerprint density at radius 1 is 0.243 bits per heavy atom. The maximum atomic E-state index is 6.72. The van der Waals surface area contributed by atoms with Gasteiger partial charge < -0.3 is 18.9 Å². The Hall–Kier alpha value is -5.74. The summed E-state index contributed by atoms with van der Waals surface area (Å²) in [6.45, 7) is 11.9. The van der Waals surface area contributed by atoms with Gasteiger partial charge in [0, 0.05) is 11.1 Å². The molecular weight excluding hydrogens is 905 g/mol. The second kappa shape index (κ2) is 37.9. The highest BCUT2D eigenvalue weighted by Gasteiger charge is 2.11. The van der Waals surface area contributed by atoms with Gasteiger partial charge in [-0.1, -0.05) is 278 Å². The van der Waals surface area contributed by atoms with Crippen LogP contribution in [0.3, 0.4) is 0 Å². The smallest absolute Gasteiger partial charge is 0.127 e. The van der Waals surface area contributed by atoms with Crippen LogP contribution < -0.4 is 18.9 Å². The van der Waals surface area contributed by atoms with Crippen LogP contribution in [0.25, 0.3) is 48.6 Å². The van der Waals surface area contributed by atoms with E-state index in [0.717, 1.165) is 119 Å². The molecule has 0 saturated carbocycles. The van der Waals surface area contributed by atoms with Gasteiger partial charge in [0.25, 0.3) is 0 Å². The van der Waals surface area contributed by atoms with E-state index in [1.54, 1.807) is 0 Å². The highest BCUT2D eigenvalue weighted by molar-refractivity contribution is 5.80. The first-order valence-corrected chi connectivity index (χ1v) is 29.4. The van der Waals surface area contributed by atoms with Crippen molar-refractivity contribution in [3.05, 3.63) is 154 Å². The van der Waals surface area contributed by atoms with Crippen LogP contribution in [0.2, 0.25) is 0 Å². The van der Waals surface area contributed by atoms with Crippen molar-refractivity contribution in [2.45, 2.75) is 182 Å². The summed E-state index contributed by atoms with van der Waals surface area (Å²) in [5.41, 5.74) is 8.96. The first kappa shape index (κ1) is 59.1. The third-order valence-corrected chi connectivity index (χ3v) is 13.7. The Balaban J connectivity index is 1.30. The van der Waals surface area contributed by atoms with E-state index in [1.165, 1.54) is 116 Å². The minimum atomic E-state index is 0.695. The molecule has 0 aromatic heterocycles. The molecule has 0 radical (unpaired) electrons. The zero-order valence-corrected chi connectivity index (χ0v) is 46.4. The predicted octanol–water partition coefficient (Wildman–Crippen LogP) is 21.3. The van der Waals surface area contributed by atoms with Gasteiger partial charge in [-0.05, 0) is 95.5 Å². The van der Waals surface area contributed by atoms with Gasteiger partial charge in [0.1, 0.15) is 23.0 Å². The summed E-state index contributed by atoms with van der Waals surface area (Å²) in [5, 5.41) is 0. The normalized spacial score (nSPS) is 11.7. The summed E-state index contributed by atoms with van der Waals surface area (Å²) in [6, 6.07) is 38.6. The van der Waals surface area contributed by atoms with E-state index in [1.807, 2.05) is 0 Å². The quantitative estimate of drug-likeness (QED) is 0.0289. The lowest BCUT2D eigenvalue weighted by Crippen LogP contribution is -2.03. The van der Waals surface area contributed by atoms with E-state index in [-0.39, 0.29) is 0 Å². The average molecular weight is 1000 g/mol. The van der Waals surface area contributed by atoms with E-state index in [4.69, 9.17) is 18.9 Å². The molecule has 0 aliphatic heterocycles. The first-order chi connectivity index (χ1) is 36.6. The van der Waals surface area contributed by atoms with Gasteiger partial charge in [0.05, 0.1) is 26.4 Å². The lowest BCUT2D eigenvalue weighted by molar-refractivity contribution is 0.295. The van der Waals surface area contributed by atoms with Gasteiger partial charge in [-0.25, -0.2) is 0 Å². The molecule has 4 heteroatoms. The molecule has 0 saturated heterocycles. The topological polar surface area (TPSA) is 36.9 Å². The maximum Gasteiger partial charge on any atom is 0.127 e. The minimum Gasteiger partial charge on any atom is -0.494 e. The van der Waals surface area contributed by atoms with Crippen LogP contribution in [0.1, 0.15) is 226 Å². The molecule has 398 valence electrons. The van der Waals surface area contributed by atoms with Crippen molar-refractivity contribution in [2.75, 3.05) is 26.4 Å². The van der Waals surface area contributed by atoms with Crippen molar-refractivity contribution in [3.63, 3.8) is 0 Å². The molecule has 4 nitrogen and oxygen atoms in total. The van der Waals surface area contributed by atoms with Crippen molar-refractivity contribution in [1.82, 2.24) is 0 Å². The Kier molecular flexibility index (Phi) is 30.3. The Morgan fingerprint density at radius 3 is 0.757 bits per heavy atom. The lowest BCUT2D eigenvalue weighted by atomic mass is 10.0. The van der Waals surface area contributed by atoms with Crippen molar-refractivity contribution in [2.24, 2.45) is 0 Å². The summed E-state index contributed by atoms with van der Waals surface area (Å²) in [6.07, 6.45) is 47.8. The molecule has 0 aliphatic rings. The average Bonchev–Trinajstić information content (AvgIpc) is 3.43. The molecule has 0 fully saturated rings. The van der Waals surface area contributed by atoms with Crippen molar-refractivity contribution < 1.29 is 18.9 Å². The third kappa shape index (κ3) is 25.0. The van der Waals surface area contributed by atoms with Crippen LogP contribution in [0, 0.1) is 0 Å². The number of unbranched alkanes of at least 4 members (excludes halogenated alkanes) is 20. The molecule has 0 atom stereocenters. The fourth-order valence-electron chi connectivity index (χ4n) is 8.86. The number of ether oxygens (including phenoxy) is 4. The van der Waals surface area contributed by atoms with Gasteiger partial charge in [-0.2, -0.15) is 0 Å². The molecule has 0 unspecified atom stereocenters. The second-order valence-electron chi connectivity index (χ2n) is 20.2. The summed E-state index contributed by atoms with van der Waals surface area (Å²) in [7, 11) is 0. The molecule has 5 aromatic rings. The number of rotatable bonds is 40. The molecule has 0 heterocycles. The molecule has 0 amide bonds. The standard InChI is InChI=1S/C70H94O4/c1-5-9-13-15-17-19-21-23-25-27-55-73-69-57-66(48-42-62-37-31-60(32-38-62)34-40-64-45-51-68(52-46-64)72-54-12-8-4)70(74-56-28-26-24-22-20-18-16-14-10-6-2)58-65(69)47-41-61-35-29-59(30-36-61)33-39-63-43-49-67(50-44-63)71-53-11-7-3/h29-52,57-58H,5-28,53-56H2,1-4H3/b39-33+,40-34+,47-41+,48-42+. The lowest BCUT2D eigenvalue weighted by Gasteiger charge is -2.16. The molecule has 0 N–H and O–H groups in total. The van der Waals surface area contributed by atoms with Crippen LogP contribution in [0.4, 0.5) is 0 Å². The molecule has 5 rings (SSSR count). The zero-order valence-electron chi connectivity index (χ0n) is 46.4. The van der Waals surface area contributed by atoms with Crippen LogP contribution in [-0.4, -0.2) is 26.4 Å². The minimum absolute atomic E-state index is 0.695. The molecule has 74 heavy (non-hydrogen) atoms. The number of benzene rings is 5. The third-order valence-electron chi connectivity index (χ3n) is 13.7. The zero-order chi connectivity index (χ0) is 51.9. The molecular formula is C70H94O4. The molecule has 5 aromatic carbocycles. The Labute approximate surface area is 450 Å². The molecule has 0 spiro atoms. The van der Waals surface area contributed by atoms with Crippen LogP contribution >= 0.6 is 0 Å².